The second-order valence-corrected chi connectivity index (χ2v) is 5.13. The molecule has 100 valence electrons. The summed E-state index contributed by atoms with van der Waals surface area (Å²) in [5, 5.41) is 0. The fourth-order valence-corrected chi connectivity index (χ4v) is 2.43. The van der Waals surface area contributed by atoms with Crippen molar-refractivity contribution in [3.05, 3.63) is 23.9 Å². The fourth-order valence-electron chi connectivity index (χ4n) is 2.43. The summed E-state index contributed by atoms with van der Waals surface area (Å²) in [6.45, 7) is 3.90. The van der Waals surface area contributed by atoms with Crippen LogP contribution in [0.25, 0.3) is 0 Å². The molecule has 4 heteroatoms. The zero-order valence-corrected chi connectivity index (χ0v) is 11.3. The van der Waals surface area contributed by atoms with Crippen molar-refractivity contribution >= 4 is 0 Å². The van der Waals surface area contributed by atoms with Gasteiger partial charge in [0, 0.05) is 24.3 Å². The molecule has 4 nitrogen and oxygen atoms in total. The van der Waals surface area contributed by atoms with Gasteiger partial charge in [0.2, 0.25) is 5.88 Å². The average Bonchev–Trinajstić information content (AvgIpc) is 2.76. The standard InChI is InChI=1S/C14H23N3O/c1-11(15)12-5-7-16-14(10-12)18-9-6-13-4-3-8-17(13)2/h5,7,10-11,13H,3-4,6,8-9,15H2,1-2H3. The highest BCUT2D eigenvalue weighted by Gasteiger charge is 2.20. The first-order valence-electron chi connectivity index (χ1n) is 6.71. The minimum absolute atomic E-state index is 0.0244. The number of hydrogen-bond donors (Lipinski definition) is 1. The van der Waals surface area contributed by atoms with Crippen molar-refractivity contribution in [2.75, 3.05) is 20.2 Å². The summed E-state index contributed by atoms with van der Waals surface area (Å²) in [6, 6.07) is 4.56. The van der Waals surface area contributed by atoms with Crippen molar-refractivity contribution in [2.24, 2.45) is 5.73 Å². The van der Waals surface area contributed by atoms with Crippen molar-refractivity contribution in [3.63, 3.8) is 0 Å². The maximum absolute atomic E-state index is 5.84. The zero-order chi connectivity index (χ0) is 13.0. The van der Waals surface area contributed by atoms with Crippen molar-refractivity contribution in [1.82, 2.24) is 9.88 Å². The maximum Gasteiger partial charge on any atom is 0.213 e. The Morgan fingerprint density at radius 3 is 3.11 bits per heavy atom. The van der Waals surface area contributed by atoms with E-state index in [9.17, 15) is 0 Å². The van der Waals surface area contributed by atoms with E-state index in [2.05, 4.69) is 16.9 Å². The maximum atomic E-state index is 5.84. The van der Waals surface area contributed by atoms with Crippen LogP contribution in [0.3, 0.4) is 0 Å². The van der Waals surface area contributed by atoms with E-state index < -0.39 is 0 Å². The number of ether oxygens (including phenoxy) is 1. The SMILES string of the molecule is CC(N)c1ccnc(OCCC2CCCN2C)c1. The fraction of sp³-hybridized carbons (Fsp3) is 0.643. The van der Waals surface area contributed by atoms with E-state index in [1.165, 1.54) is 19.4 Å². The van der Waals surface area contributed by atoms with Gasteiger partial charge in [-0.2, -0.15) is 0 Å². The molecule has 2 rings (SSSR count). The van der Waals surface area contributed by atoms with Gasteiger partial charge in [0.25, 0.3) is 0 Å². The first-order valence-corrected chi connectivity index (χ1v) is 6.71. The Bertz CT molecular complexity index is 381. The van der Waals surface area contributed by atoms with Gasteiger partial charge >= 0.3 is 0 Å². The highest BCUT2D eigenvalue weighted by Crippen LogP contribution is 2.19. The van der Waals surface area contributed by atoms with E-state index in [1.807, 2.05) is 19.1 Å². The van der Waals surface area contributed by atoms with Crippen LogP contribution in [0, 0.1) is 0 Å². The number of rotatable bonds is 5. The Balaban J connectivity index is 1.81. The summed E-state index contributed by atoms with van der Waals surface area (Å²) in [4.78, 5) is 6.63. The van der Waals surface area contributed by atoms with Crippen LogP contribution in [0.5, 0.6) is 5.88 Å². The third kappa shape index (κ3) is 3.43. The molecule has 0 amide bonds. The summed E-state index contributed by atoms with van der Waals surface area (Å²) in [7, 11) is 2.19. The van der Waals surface area contributed by atoms with Crippen LogP contribution in [0.1, 0.15) is 37.8 Å². The molecule has 0 spiro atoms. The molecule has 1 aliphatic heterocycles. The molecule has 2 unspecified atom stereocenters. The van der Waals surface area contributed by atoms with Gasteiger partial charge in [-0.1, -0.05) is 0 Å². The lowest BCUT2D eigenvalue weighted by Crippen LogP contribution is -2.26. The van der Waals surface area contributed by atoms with Gasteiger partial charge in [0.05, 0.1) is 6.61 Å². The normalized spacial score (nSPS) is 22.1. The molecule has 1 aromatic rings. The number of aromatic nitrogens is 1. The third-order valence-electron chi connectivity index (χ3n) is 3.66. The van der Waals surface area contributed by atoms with Gasteiger partial charge < -0.3 is 15.4 Å². The molecule has 1 saturated heterocycles. The highest BCUT2D eigenvalue weighted by molar-refractivity contribution is 5.22. The van der Waals surface area contributed by atoms with E-state index in [4.69, 9.17) is 10.5 Å². The van der Waals surface area contributed by atoms with Crippen LogP contribution in [-0.2, 0) is 0 Å². The molecule has 1 fully saturated rings. The summed E-state index contributed by atoms with van der Waals surface area (Å²) in [6.07, 6.45) is 5.42. The van der Waals surface area contributed by atoms with Gasteiger partial charge in [-0.3, -0.25) is 0 Å². The molecule has 2 atom stereocenters. The van der Waals surface area contributed by atoms with Crippen LogP contribution in [0.2, 0.25) is 0 Å². The number of pyridine rings is 1. The molecule has 0 aromatic carbocycles. The predicted octanol–water partition coefficient (Wildman–Crippen LogP) is 1.96. The van der Waals surface area contributed by atoms with Crippen LogP contribution in [0.4, 0.5) is 0 Å². The monoisotopic (exact) mass is 249 g/mol. The summed E-state index contributed by atoms with van der Waals surface area (Å²) in [5.74, 6) is 0.686. The predicted molar refractivity (Wildman–Crippen MR) is 72.6 cm³/mol. The Morgan fingerprint density at radius 1 is 1.61 bits per heavy atom. The van der Waals surface area contributed by atoms with Crippen molar-refractivity contribution in [3.8, 4) is 5.88 Å². The van der Waals surface area contributed by atoms with Gasteiger partial charge in [-0.05, 0) is 51.4 Å². The summed E-state index contributed by atoms with van der Waals surface area (Å²) < 4.78 is 5.71. The van der Waals surface area contributed by atoms with Crippen molar-refractivity contribution in [2.45, 2.75) is 38.3 Å². The molecule has 0 saturated carbocycles. The van der Waals surface area contributed by atoms with Crippen molar-refractivity contribution < 1.29 is 4.74 Å². The zero-order valence-electron chi connectivity index (χ0n) is 11.3. The number of hydrogen-bond acceptors (Lipinski definition) is 4. The lowest BCUT2D eigenvalue weighted by Gasteiger charge is -2.19. The van der Waals surface area contributed by atoms with Crippen LogP contribution >= 0.6 is 0 Å². The molecule has 0 bridgehead atoms. The third-order valence-corrected chi connectivity index (χ3v) is 3.66. The van der Waals surface area contributed by atoms with Gasteiger partial charge in [-0.15, -0.1) is 0 Å². The molecule has 1 aliphatic rings. The minimum Gasteiger partial charge on any atom is -0.478 e. The largest absolute Gasteiger partial charge is 0.478 e. The number of nitrogens with two attached hydrogens (primary N) is 1. The van der Waals surface area contributed by atoms with Gasteiger partial charge in [0.1, 0.15) is 0 Å². The number of likely N-dealkylation sites (tertiary alicyclic amines) is 1. The van der Waals surface area contributed by atoms with Gasteiger partial charge in [-0.25, -0.2) is 4.98 Å². The molecular weight excluding hydrogens is 226 g/mol. The van der Waals surface area contributed by atoms with Crippen molar-refractivity contribution in [1.29, 1.82) is 0 Å². The van der Waals surface area contributed by atoms with Crippen LogP contribution in [-0.4, -0.2) is 36.1 Å². The molecule has 0 aliphatic carbocycles. The molecule has 18 heavy (non-hydrogen) atoms. The Kier molecular flexibility index (Phi) is 4.55. The topological polar surface area (TPSA) is 51.4 Å². The van der Waals surface area contributed by atoms with E-state index in [1.54, 1.807) is 6.20 Å². The van der Waals surface area contributed by atoms with E-state index in [-0.39, 0.29) is 6.04 Å². The first-order chi connectivity index (χ1) is 8.66. The van der Waals surface area contributed by atoms with Crippen LogP contribution < -0.4 is 10.5 Å². The quantitative estimate of drug-likeness (QED) is 0.866. The summed E-state index contributed by atoms with van der Waals surface area (Å²) >= 11 is 0. The molecule has 1 aromatic heterocycles. The van der Waals surface area contributed by atoms with Gasteiger partial charge in [0.15, 0.2) is 0 Å². The van der Waals surface area contributed by atoms with Crippen LogP contribution in [0.15, 0.2) is 18.3 Å². The molecular formula is C14H23N3O. The minimum atomic E-state index is 0.0244. The molecule has 0 radical (unpaired) electrons. The Morgan fingerprint density at radius 2 is 2.44 bits per heavy atom. The lowest BCUT2D eigenvalue weighted by atomic mass is 10.1. The van der Waals surface area contributed by atoms with E-state index >= 15 is 0 Å². The number of nitrogens with zero attached hydrogens (tertiary/aromatic N) is 2. The second-order valence-electron chi connectivity index (χ2n) is 5.13. The average molecular weight is 249 g/mol. The first kappa shape index (κ1) is 13.3. The highest BCUT2D eigenvalue weighted by atomic mass is 16.5. The Hall–Kier alpha value is -1.13. The van der Waals surface area contributed by atoms with E-state index in [0.717, 1.165) is 18.6 Å². The second kappa shape index (κ2) is 6.16. The Labute approximate surface area is 109 Å². The summed E-state index contributed by atoms with van der Waals surface area (Å²) in [5.41, 5.74) is 6.91. The molecule has 2 N–H and O–H groups in total. The van der Waals surface area contributed by atoms with E-state index in [0.29, 0.717) is 11.9 Å². The molecule has 2 heterocycles. The lowest BCUT2D eigenvalue weighted by molar-refractivity contribution is 0.228. The smallest absolute Gasteiger partial charge is 0.213 e.